The standard InChI is InChI=1S/C25H33N5O4SSi/c1-25(2,3)36(6,7)34-14-8-9-20-17-30(24(31)23(28-20)19-15-26-18-27-16-19)21-10-12-22(13-11-21)35(32,33)29(4)5/h8-13,15-18H,14H2,1-7H3. The monoisotopic (exact) mass is 527 g/mol. The average molecular weight is 528 g/mol. The van der Waals surface area contributed by atoms with Gasteiger partial charge in [-0.1, -0.05) is 26.8 Å². The van der Waals surface area contributed by atoms with Gasteiger partial charge in [-0.15, -0.1) is 0 Å². The van der Waals surface area contributed by atoms with E-state index in [-0.39, 0.29) is 21.2 Å². The van der Waals surface area contributed by atoms with Crippen molar-refractivity contribution in [3.8, 4) is 16.9 Å². The molecule has 0 saturated heterocycles. The molecule has 0 N–H and O–H groups in total. The molecule has 0 atom stereocenters. The van der Waals surface area contributed by atoms with E-state index in [1.54, 1.807) is 24.4 Å². The molecule has 0 aliphatic heterocycles. The van der Waals surface area contributed by atoms with E-state index in [0.717, 1.165) is 4.31 Å². The van der Waals surface area contributed by atoms with Crippen molar-refractivity contribution in [3.63, 3.8) is 0 Å². The number of nitrogens with zero attached hydrogens (tertiary/aromatic N) is 5. The van der Waals surface area contributed by atoms with Crippen LogP contribution in [0.1, 0.15) is 26.5 Å². The van der Waals surface area contributed by atoms with Crippen molar-refractivity contribution in [2.45, 2.75) is 43.8 Å². The Hall–Kier alpha value is -2.99. The average Bonchev–Trinajstić information content (AvgIpc) is 2.82. The largest absolute Gasteiger partial charge is 0.413 e. The van der Waals surface area contributed by atoms with Crippen molar-refractivity contribution in [1.29, 1.82) is 0 Å². The van der Waals surface area contributed by atoms with Gasteiger partial charge in [0.1, 0.15) is 12.0 Å². The van der Waals surface area contributed by atoms with E-state index < -0.39 is 18.3 Å². The van der Waals surface area contributed by atoms with Crippen molar-refractivity contribution in [2.75, 3.05) is 20.7 Å². The molecule has 1 aromatic carbocycles. The highest BCUT2D eigenvalue weighted by Gasteiger charge is 2.36. The van der Waals surface area contributed by atoms with Crippen molar-refractivity contribution in [1.82, 2.24) is 23.8 Å². The lowest BCUT2D eigenvalue weighted by molar-refractivity contribution is 0.328. The van der Waals surface area contributed by atoms with E-state index in [9.17, 15) is 13.2 Å². The Bertz CT molecular complexity index is 1400. The quantitative estimate of drug-likeness (QED) is 0.408. The molecule has 0 unspecified atom stereocenters. The molecule has 0 radical (unpaired) electrons. The molecule has 2 heterocycles. The molecule has 0 amide bonds. The maximum Gasteiger partial charge on any atom is 0.281 e. The SMILES string of the molecule is CN(C)S(=O)(=O)c1ccc(-n2cc(C=CCO[Si](C)(C)C(C)(C)C)nc(-c3cncnc3)c2=O)cc1. The zero-order chi connectivity index (χ0) is 26.7. The van der Waals surface area contributed by atoms with Crippen molar-refractivity contribution >= 4 is 24.4 Å². The zero-order valence-electron chi connectivity index (χ0n) is 21.8. The van der Waals surface area contributed by atoms with Crippen molar-refractivity contribution in [3.05, 3.63) is 71.3 Å². The topological polar surface area (TPSA) is 107 Å². The Labute approximate surface area is 213 Å². The first kappa shape index (κ1) is 27.6. The van der Waals surface area contributed by atoms with E-state index >= 15 is 0 Å². The van der Waals surface area contributed by atoms with E-state index in [1.165, 1.54) is 49.5 Å². The van der Waals surface area contributed by atoms with Crippen molar-refractivity contribution < 1.29 is 12.8 Å². The number of hydrogen-bond acceptors (Lipinski definition) is 7. The summed E-state index contributed by atoms with van der Waals surface area (Å²) in [5.74, 6) is 0. The molecule has 9 nitrogen and oxygen atoms in total. The molecule has 0 fully saturated rings. The second kappa shape index (κ2) is 10.6. The first-order valence-electron chi connectivity index (χ1n) is 11.5. The fourth-order valence-electron chi connectivity index (χ4n) is 3.02. The molecular formula is C25H33N5O4SSi. The summed E-state index contributed by atoms with van der Waals surface area (Å²) in [5.41, 5.74) is 1.34. The van der Waals surface area contributed by atoms with E-state index in [2.05, 4.69) is 48.8 Å². The highest BCUT2D eigenvalue weighted by molar-refractivity contribution is 7.89. The lowest BCUT2D eigenvalue weighted by Gasteiger charge is -2.35. The minimum Gasteiger partial charge on any atom is -0.413 e. The van der Waals surface area contributed by atoms with Gasteiger partial charge in [0.05, 0.1) is 17.2 Å². The number of hydrogen-bond donors (Lipinski definition) is 0. The van der Waals surface area contributed by atoms with Crippen LogP contribution in [0.2, 0.25) is 18.1 Å². The van der Waals surface area contributed by atoms with Crippen LogP contribution in [0, 0.1) is 0 Å². The molecule has 36 heavy (non-hydrogen) atoms. The van der Waals surface area contributed by atoms with Crippen molar-refractivity contribution in [2.24, 2.45) is 0 Å². The molecule has 0 spiro atoms. The van der Waals surface area contributed by atoms with Gasteiger partial charge in [0.2, 0.25) is 10.0 Å². The lowest BCUT2D eigenvalue weighted by Crippen LogP contribution is -2.40. The van der Waals surface area contributed by atoms with Gasteiger partial charge < -0.3 is 4.43 Å². The smallest absolute Gasteiger partial charge is 0.281 e. The molecule has 3 rings (SSSR count). The Morgan fingerprint density at radius 2 is 1.69 bits per heavy atom. The maximum absolute atomic E-state index is 13.4. The van der Waals surface area contributed by atoms with Crippen LogP contribution in [0.15, 0.2) is 64.9 Å². The Kier molecular flexibility index (Phi) is 8.09. The molecule has 11 heteroatoms. The molecule has 192 valence electrons. The first-order valence-corrected chi connectivity index (χ1v) is 15.8. The maximum atomic E-state index is 13.4. The van der Waals surface area contributed by atoms with Gasteiger partial charge in [-0.2, -0.15) is 0 Å². The molecule has 0 aliphatic carbocycles. The van der Waals surface area contributed by atoms with Gasteiger partial charge in [0, 0.05) is 43.9 Å². The van der Waals surface area contributed by atoms with Crippen LogP contribution in [0.25, 0.3) is 23.0 Å². The van der Waals surface area contributed by atoms with Gasteiger partial charge in [0.25, 0.3) is 5.56 Å². The Morgan fingerprint density at radius 1 is 1.08 bits per heavy atom. The van der Waals surface area contributed by atoms with Crippen LogP contribution >= 0.6 is 0 Å². The highest BCUT2D eigenvalue weighted by atomic mass is 32.2. The van der Waals surface area contributed by atoms with Crippen LogP contribution in [-0.2, 0) is 14.4 Å². The fraction of sp³-hybridized carbons (Fsp3) is 0.360. The molecule has 0 saturated carbocycles. The summed E-state index contributed by atoms with van der Waals surface area (Å²) in [6.07, 6.45) is 9.75. The third-order valence-corrected chi connectivity index (χ3v) is 12.6. The van der Waals surface area contributed by atoms with Gasteiger partial charge in [-0.05, 0) is 48.5 Å². The number of benzene rings is 1. The second-order valence-electron chi connectivity index (χ2n) is 10.1. The molecule has 0 aliphatic rings. The molecule has 3 aromatic rings. The summed E-state index contributed by atoms with van der Waals surface area (Å²) in [5, 5.41) is 0.0963. The highest BCUT2D eigenvalue weighted by Crippen LogP contribution is 2.36. The van der Waals surface area contributed by atoms with Gasteiger partial charge in [-0.25, -0.2) is 27.7 Å². The van der Waals surface area contributed by atoms with Crippen LogP contribution in [0.5, 0.6) is 0 Å². The molecule has 0 bridgehead atoms. The minimum atomic E-state index is -3.59. The predicted molar refractivity (Wildman–Crippen MR) is 144 cm³/mol. The van der Waals surface area contributed by atoms with Gasteiger partial charge >= 0.3 is 0 Å². The summed E-state index contributed by atoms with van der Waals surface area (Å²) >= 11 is 0. The van der Waals surface area contributed by atoms with Crippen LogP contribution < -0.4 is 5.56 Å². The Morgan fingerprint density at radius 3 is 2.25 bits per heavy atom. The second-order valence-corrected chi connectivity index (χ2v) is 17.0. The summed E-state index contributed by atoms with van der Waals surface area (Å²) in [7, 11) is -2.55. The molecule has 2 aromatic heterocycles. The summed E-state index contributed by atoms with van der Waals surface area (Å²) in [6.45, 7) is 11.4. The summed E-state index contributed by atoms with van der Waals surface area (Å²) in [6, 6.07) is 6.14. The minimum absolute atomic E-state index is 0.0963. The van der Waals surface area contributed by atoms with E-state index in [0.29, 0.717) is 23.6 Å². The number of rotatable bonds is 8. The Balaban J connectivity index is 2.02. The predicted octanol–water partition coefficient (Wildman–Crippen LogP) is 3.97. The van der Waals surface area contributed by atoms with E-state index in [4.69, 9.17) is 4.43 Å². The summed E-state index contributed by atoms with van der Waals surface area (Å²) in [4.78, 5) is 26.1. The third-order valence-electron chi connectivity index (χ3n) is 6.29. The van der Waals surface area contributed by atoms with Crippen LogP contribution in [0.3, 0.4) is 0 Å². The normalized spacial score (nSPS) is 13.0. The van der Waals surface area contributed by atoms with Gasteiger partial charge in [-0.3, -0.25) is 9.36 Å². The van der Waals surface area contributed by atoms with Gasteiger partial charge in [0.15, 0.2) is 8.32 Å². The molecular weight excluding hydrogens is 494 g/mol. The zero-order valence-corrected chi connectivity index (χ0v) is 23.6. The first-order chi connectivity index (χ1) is 16.7. The van der Waals surface area contributed by atoms with Crippen LogP contribution in [0.4, 0.5) is 0 Å². The summed E-state index contributed by atoms with van der Waals surface area (Å²) < 4.78 is 33.7. The third kappa shape index (κ3) is 6.04. The van der Waals surface area contributed by atoms with Crippen LogP contribution in [-0.4, -0.2) is 61.3 Å². The van der Waals surface area contributed by atoms with E-state index in [1.807, 2.05) is 6.08 Å². The number of sulfonamides is 1. The number of aromatic nitrogens is 4. The fourth-order valence-corrected chi connectivity index (χ4v) is 4.87. The lowest BCUT2D eigenvalue weighted by atomic mass is 10.2.